The molecule has 2 aromatic carbocycles. The Balaban J connectivity index is 1.95. The lowest BCUT2D eigenvalue weighted by atomic mass is 10.0. The van der Waals surface area contributed by atoms with E-state index in [1.807, 2.05) is 31.3 Å². The first-order valence-corrected chi connectivity index (χ1v) is 7.57. The molecule has 0 spiro atoms. The molecule has 0 fully saturated rings. The minimum atomic E-state index is 0.280. The molecule has 0 saturated carbocycles. The minimum absolute atomic E-state index is 0.280. The fraction of sp³-hybridized carbons (Fsp3) is 0.333. The molecule has 3 heteroatoms. The van der Waals surface area contributed by atoms with Crippen LogP contribution in [-0.4, -0.2) is 19.7 Å². The highest BCUT2D eigenvalue weighted by atomic mass is 35.5. The molecule has 112 valence electrons. The molecule has 0 aliphatic rings. The third-order valence-corrected chi connectivity index (χ3v) is 3.69. The highest BCUT2D eigenvalue weighted by Crippen LogP contribution is 2.16. The largest absolute Gasteiger partial charge is 0.492 e. The molecular formula is C18H22ClNO. The van der Waals surface area contributed by atoms with Gasteiger partial charge in [0.2, 0.25) is 0 Å². The maximum atomic E-state index is 5.87. The summed E-state index contributed by atoms with van der Waals surface area (Å²) in [5.41, 5.74) is 3.95. The SMILES string of the molecule is CNC(COc1ccc(Cl)cc1)Cc1cc(C)cc(C)c1. The zero-order valence-corrected chi connectivity index (χ0v) is 13.6. The van der Waals surface area contributed by atoms with Crippen molar-refractivity contribution < 1.29 is 4.74 Å². The minimum Gasteiger partial charge on any atom is -0.492 e. The van der Waals surface area contributed by atoms with Gasteiger partial charge in [0.15, 0.2) is 0 Å². The molecule has 21 heavy (non-hydrogen) atoms. The van der Waals surface area contributed by atoms with Gasteiger partial charge in [-0.3, -0.25) is 0 Å². The Kier molecular flexibility index (Phi) is 5.66. The van der Waals surface area contributed by atoms with Gasteiger partial charge in [0.25, 0.3) is 0 Å². The molecule has 0 aliphatic carbocycles. The van der Waals surface area contributed by atoms with Crippen molar-refractivity contribution in [2.45, 2.75) is 26.3 Å². The molecule has 0 heterocycles. The monoisotopic (exact) mass is 303 g/mol. The van der Waals surface area contributed by atoms with Crippen LogP contribution in [0.1, 0.15) is 16.7 Å². The summed E-state index contributed by atoms with van der Waals surface area (Å²) in [5, 5.41) is 4.04. The Morgan fingerprint density at radius 1 is 1.05 bits per heavy atom. The number of ether oxygens (including phenoxy) is 1. The van der Waals surface area contributed by atoms with Gasteiger partial charge in [-0.1, -0.05) is 40.9 Å². The van der Waals surface area contributed by atoms with Crippen molar-refractivity contribution >= 4 is 11.6 Å². The van der Waals surface area contributed by atoms with E-state index >= 15 is 0 Å². The average Bonchev–Trinajstić information content (AvgIpc) is 2.44. The lowest BCUT2D eigenvalue weighted by molar-refractivity contribution is 0.270. The van der Waals surface area contributed by atoms with Crippen LogP contribution in [0.5, 0.6) is 5.75 Å². The summed E-state index contributed by atoms with van der Waals surface area (Å²) < 4.78 is 5.83. The fourth-order valence-electron chi connectivity index (χ4n) is 2.44. The van der Waals surface area contributed by atoms with Crippen LogP contribution in [0.3, 0.4) is 0 Å². The summed E-state index contributed by atoms with van der Waals surface area (Å²) in [7, 11) is 1.97. The fourth-order valence-corrected chi connectivity index (χ4v) is 2.57. The number of hydrogen-bond donors (Lipinski definition) is 1. The van der Waals surface area contributed by atoms with E-state index in [2.05, 4.69) is 37.4 Å². The molecule has 1 unspecified atom stereocenters. The lowest BCUT2D eigenvalue weighted by Crippen LogP contribution is -2.33. The maximum absolute atomic E-state index is 5.87. The van der Waals surface area contributed by atoms with Crippen LogP contribution >= 0.6 is 11.6 Å². The van der Waals surface area contributed by atoms with Crippen LogP contribution in [0.25, 0.3) is 0 Å². The molecule has 2 nitrogen and oxygen atoms in total. The number of aryl methyl sites for hydroxylation is 2. The highest BCUT2D eigenvalue weighted by Gasteiger charge is 2.09. The lowest BCUT2D eigenvalue weighted by Gasteiger charge is -2.18. The normalized spacial score (nSPS) is 12.2. The van der Waals surface area contributed by atoms with Gasteiger partial charge in [0.1, 0.15) is 12.4 Å². The first kappa shape index (κ1) is 15.9. The zero-order chi connectivity index (χ0) is 15.2. The summed E-state index contributed by atoms with van der Waals surface area (Å²) in [6, 6.07) is 14.4. The quantitative estimate of drug-likeness (QED) is 0.865. The molecule has 1 N–H and O–H groups in total. The van der Waals surface area contributed by atoms with E-state index in [-0.39, 0.29) is 6.04 Å². The van der Waals surface area contributed by atoms with Crippen LogP contribution in [0.4, 0.5) is 0 Å². The third-order valence-electron chi connectivity index (χ3n) is 3.44. The highest BCUT2D eigenvalue weighted by molar-refractivity contribution is 6.30. The zero-order valence-electron chi connectivity index (χ0n) is 12.8. The van der Waals surface area contributed by atoms with Gasteiger partial charge < -0.3 is 10.1 Å². The predicted octanol–water partition coefficient (Wildman–Crippen LogP) is 4.17. The number of rotatable bonds is 6. The van der Waals surface area contributed by atoms with Gasteiger partial charge >= 0.3 is 0 Å². The number of benzene rings is 2. The van der Waals surface area contributed by atoms with Crippen LogP contribution in [-0.2, 0) is 6.42 Å². The Labute approximate surface area is 132 Å². The Hall–Kier alpha value is -1.51. The molecule has 0 radical (unpaired) electrons. The van der Waals surface area contributed by atoms with Crippen LogP contribution in [0.15, 0.2) is 42.5 Å². The number of nitrogens with one attached hydrogen (secondary N) is 1. The van der Waals surface area contributed by atoms with E-state index in [1.54, 1.807) is 0 Å². The van der Waals surface area contributed by atoms with E-state index in [1.165, 1.54) is 16.7 Å². The molecule has 0 aliphatic heterocycles. The van der Waals surface area contributed by atoms with Crippen molar-refractivity contribution in [1.82, 2.24) is 5.32 Å². The second-order valence-corrected chi connectivity index (χ2v) is 5.89. The molecule has 0 bridgehead atoms. The predicted molar refractivity (Wildman–Crippen MR) is 89.4 cm³/mol. The molecular weight excluding hydrogens is 282 g/mol. The summed E-state index contributed by atoms with van der Waals surface area (Å²) in [6.45, 7) is 4.90. The van der Waals surface area contributed by atoms with Crippen LogP contribution in [0, 0.1) is 13.8 Å². The van der Waals surface area contributed by atoms with E-state index in [9.17, 15) is 0 Å². The van der Waals surface area contributed by atoms with Gasteiger partial charge in [-0.2, -0.15) is 0 Å². The van der Waals surface area contributed by atoms with Gasteiger partial charge in [-0.15, -0.1) is 0 Å². The second kappa shape index (κ2) is 7.48. The van der Waals surface area contributed by atoms with Gasteiger partial charge in [-0.05, 0) is 57.1 Å². The van der Waals surface area contributed by atoms with Crippen LogP contribution in [0.2, 0.25) is 5.02 Å². The molecule has 2 rings (SSSR count). The molecule has 0 saturated heterocycles. The van der Waals surface area contributed by atoms with E-state index < -0.39 is 0 Å². The summed E-state index contributed by atoms with van der Waals surface area (Å²) >= 11 is 5.87. The van der Waals surface area contributed by atoms with Crippen LogP contribution < -0.4 is 10.1 Å². The van der Waals surface area contributed by atoms with Gasteiger partial charge in [-0.25, -0.2) is 0 Å². The Bertz CT molecular complexity index is 560. The van der Waals surface area contributed by atoms with Crippen molar-refractivity contribution in [3.8, 4) is 5.75 Å². The first-order valence-electron chi connectivity index (χ1n) is 7.19. The standard InChI is InChI=1S/C18H22ClNO/c1-13-8-14(2)10-15(9-13)11-17(20-3)12-21-18-6-4-16(19)5-7-18/h4-10,17,20H,11-12H2,1-3H3. The van der Waals surface area contributed by atoms with Crippen molar-refractivity contribution in [1.29, 1.82) is 0 Å². The smallest absolute Gasteiger partial charge is 0.119 e. The number of halogens is 1. The van der Waals surface area contributed by atoms with E-state index in [0.717, 1.165) is 17.2 Å². The molecule has 0 aromatic heterocycles. The van der Waals surface area contributed by atoms with Crippen molar-refractivity contribution in [3.63, 3.8) is 0 Å². The Morgan fingerprint density at radius 3 is 2.24 bits per heavy atom. The third kappa shape index (κ3) is 5.07. The summed E-state index contributed by atoms with van der Waals surface area (Å²) in [5.74, 6) is 0.847. The summed E-state index contributed by atoms with van der Waals surface area (Å²) in [6.07, 6.45) is 0.951. The van der Waals surface area contributed by atoms with Gasteiger partial charge in [0.05, 0.1) is 0 Å². The molecule has 0 amide bonds. The Morgan fingerprint density at radius 2 is 1.67 bits per heavy atom. The molecule has 2 aromatic rings. The topological polar surface area (TPSA) is 21.3 Å². The van der Waals surface area contributed by atoms with Crippen molar-refractivity contribution in [2.75, 3.05) is 13.7 Å². The maximum Gasteiger partial charge on any atom is 0.119 e. The average molecular weight is 304 g/mol. The van der Waals surface area contributed by atoms with E-state index in [4.69, 9.17) is 16.3 Å². The molecule has 1 atom stereocenters. The second-order valence-electron chi connectivity index (χ2n) is 5.45. The number of likely N-dealkylation sites (N-methyl/N-ethyl adjacent to an activating group) is 1. The summed E-state index contributed by atoms with van der Waals surface area (Å²) in [4.78, 5) is 0. The van der Waals surface area contributed by atoms with Gasteiger partial charge in [0, 0.05) is 11.1 Å². The van der Waals surface area contributed by atoms with E-state index in [0.29, 0.717) is 6.61 Å². The van der Waals surface area contributed by atoms with Crippen molar-refractivity contribution in [2.24, 2.45) is 0 Å². The number of hydrogen-bond acceptors (Lipinski definition) is 2. The first-order chi connectivity index (χ1) is 10.1. The van der Waals surface area contributed by atoms with Crippen molar-refractivity contribution in [3.05, 3.63) is 64.2 Å².